The van der Waals surface area contributed by atoms with Crippen LogP contribution in [0.4, 0.5) is 9.18 Å². The van der Waals surface area contributed by atoms with E-state index in [0.29, 0.717) is 11.3 Å². The molecule has 1 aromatic carbocycles. The van der Waals surface area contributed by atoms with E-state index in [1.807, 2.05) is 0 Å². The second-order valence-corrected chi connectivity index (χ2v) is 6.80. The average Bonchev–Trinajstić information content (AvgIpc) is 3.22. The molecule has 1 aliphatic heterocycles. The molecule has 0 N–H and O–H groups in total. The van der Waals surface area contributed by atoms with Crippen LogP contribution in [0.2, 0.25) is 0 Å². The molecule has 2 aliphatic rings. The Hall–Kier alpha value is -3.03. The molecule has 0 bridgehead atoms. The van der Waals surface area contributed by atoms with E-state index < -0.39 is 23.7 Å². The van der Waals surface area contributed by atoms with Crippen LogP contribution in [0.5, 0.6) is 0 Å². The zero-order valence-corrected chi connectivity index (χ0v) is 14.6. The Kier molecular flexibility index (Phi) is 4.47. The van der Waals surface area contributed by atoms with Crippen LogP contribution in [0.3, 0.4) is 0 Å². The van der Waals surface area contributed by atoms with Gasteiger partial charge in [0.15, 0.2) is 0 Å². The largest absolute Gasteiger partial charge is 0.444 e. The van der Waals surface area contributed by atoms with Gasteiger partial charge in [0.25, 0.3) is 0 Å². The molecule has 2 fully saturated rings. The molecular formula is C19H18FN3O4. The molecule has 1 aromatic heterocycles. The van der Waals surface area contributed by atoms with Gasteiger partial charge in [-0.3, -0.25) is 14.5 Å². The number of nitrogens with zero attached hydrogens (tertiary/aromatic N) is 3. The molecule has 8 heteroatoms. The van der Waals surface area contributed by atoms with Crippen LogP contribution in [0.1, 0.15) is 37.8 Å². The van der Waals surface area contributed by atoms with Gasteiger partial charge in [-0.25, -0.2) is 19.1 Å². The van der Waals surface area contributed by atoms with E-state index in [4.69, 9.17) is 4.42 Å². The lowest BCUT2D eigenvalue weighted by atomic mass is 9.94. The fourth-order valence-corrected chi connectivity index (χ4v) is 3.62. The van der Waals surface area contributed by atoms with Gasteiger partial charge in [-0.2, -0.15) is 0 Å². The SMILES string of the molecule is O=C1C(=O)N(C2CCCCC2)C(=O)N1Cc1coc(-c2cccc(F)c2)n1. The van der Waals surface area contributed by atoms with Crippen molar-refractivity contribution in [3.63, 3.8) is 0 Å². The number of imide groups is 2. The molecular weight excluding hydrogens is 353 g/mol. The summed E-state index contributed by atoms with van der Waals surface area (Å²) in [5, 5.41) is 0. The number of hydrogen-bond donors (Lipinski definition) is 0. The zero-order chi connectivity index (χ0) is 19.0. The number of carbonyl (C=O) groups is 3. The van der Waals surface area contributed by atoms with Crippen molar-refractivity contribution in [3.8, 4) is 11.5 Å². The van der Waals surface area contributed by atoms with E-state index in [2.05, 4.69) is 4.98 Å². The summed E-state index contributed by atoms with van der Waals surface area (Å²) in [6, 6.07) is 4.93. The lowest BCUT2D eigenvalue weighted by Crippen LogP contribution is -2.42. The highest BCUT2D eigenvalue weighted by molar-refractivity contribution is 6.44. The van der Waals surface area contributed by atoms with E-state index in [-0.39, 0.29) is 18.5 Å². The van der Waals surface area contributed by atoms with Crippen molar-refractivity contribution in [2.24, 2.45) is 0 Å². The molecule has 4 amide bonds. The minimum absolute atomic E-state index is 0.161. The van der Waals surface area contributed by atoms with Crippen LogP contribution in [-0.4, -0.2) is 38.7 Å². The van der Waals surface area contributed by atoms with Crippen LogP contribution < -0.4 is 0 Å². The molecule has 7 nitrogen and oxygen atoms in total. The van der Waals surface area contributed by atoms with Crippen LogP contribution in [0.25, 0.3) is 11.5 Å². The van der Waals surface area contributed by atoms with Crippen LogP contribution in [-0.2, 0) is 16.1 Å². The molecule has 0 atom stereocenters. The third-order valence-electron chi connectivity index (χ3n) is 4.97. The van der Waals surface area contributed by atoms with E-state index in [9.17, 15) is 18.8 Å². The van der Waals surface area contributed by atoms with Crippen molar-refractivity contribution in [2.75, 3.05) is 0 Å². The second-order valence-electron chi connectivity index (χ2n) is 6.80. The monoisotopic (exact) mass is 371 g/mol. The van der Waals surface area contributed by atoms with Crippen molar-refractivity contribution < 1.29 is 23.2 Å². The summed E-state index contributed by atoms with van der Waals surface area (Å²) in [6.45, 7) is -0.161. The van der Waals surface area contributed by atoms with Gasteiger partial charge in [0, 0.05) is 11.6 Å². The Bertz CT molecular complexity index is 904. The molecule has 2 aromatic rings. The first-order valence-corrected chi connectivity index (χ1v) is 8.94. The lowest BCUT2D eigenvalue weighted by Gasteiger charge is -2.28. The molecule has 140 valence electrons. The predicted molar refractivity (Wildman–Crippen MR) is 91.6 cm³/mol. The molecule has 1 aliphatic carbocycles. The summed E-state index contributed by atoms with van der Waals surface area (Å²) in [6.07, 6.45) is 5.71. The maximum atomic E-state index is 13.3. The molecule has 1 saturated heterocycles. The fourth-order valence-electron chi connectivity index (χ4n) is 3.62. The van der Waals surface area contributed by atoms with Gasteiger partial charge >= 0.3 is 17.8 Å². The Labute approximate surface area is 154 Å². The van der Waals surface area contributed by atoms with Crippen molar-refractivity contribution in [1.29, 1.82) is 0 Å². The predicted octanol–water partition coefficient (Wildman–Crippen LogP) is 3.10. The number of rotatable bonds is 4. The number of urea groups is 1. The van der Waals surface area contributed by atoms with E-state index in [0.717, 1.165) is 41.9 Å². The highest BCUT2D eigenvalue weighted by Gasteiger charge is 2.47. The first-order valence-electron chi connectivity index (χ1n) is 8.94. The number of oxazole rings is 1. The summed E-state index contributed by atoms with van der Waals surface area (Å²) in [4.78, 5) is 43.5. The van der Waals surface area contributed by atoms with Gasteiger partial charge < -0.3 is 4.42 Å². The third kappa shape index (κ3) is 3.22. The van der Waals surface area contributed by atoms with Crippen LogP contribution >= 0.6 is 0 Å². The standard InChI is InChI=1S/C19H18FN3O4/c20-13-6-4-5-12(9-13)16-21-14(11-27-16)10-22-17(24)18(25)23(19(22)26)15-7-2-1-3-8-15/h4-6,9,11,15H,1-3,7-8,10H2. The summed E-state index contributed by atoms with van der Waals surface area (Å²) in [7, 11) is 0. The van der Waals surface area contributed by atoms with E-state index >= 15 is 0 Å². The topological polar surface area (TPSA) is 83.7 Å². The first-order chi connectivity index (χ1) is 13.0. The highest BCUT2D eigenvalue weighted by atomic mass is 19.1. The lowest BCUT2D eigenvalue weighted by molar-refractivity contribution is -0.144. The van der Waals surface area contributed by atoms with Crippen molar-refractivity contribution >= 4 is 17.8 Å². The van der Waals surface area contributed by atoms with Gasteiger partial charge in [-0.05, 0) is 31.0 Å². The maximum Gasteiger partial charge on any atom is 0.334 e. The average molecular weight is 371 g/mol. The van der Waals surface area contributed by atoms with Gasteiger partial charge in [0.05, 0.1) is 12.2 Å². The van der Waals surface area contributed by atoms with Gasteiger partial charge in [0.2, 0.25) is 5.89 Å². The van der Waals surface area contributed by atoms with Crippen molar-refractivity contribution in [1.82, 2.24) is 14.8 Å². The van der Waals surface area contributed by atoms with Crippen molar-refractivity contribution in [3.05, 3.63) is 42.0 Å². The minimum Gasteiger partial charge on any atom is -0.444 e. The van der Waals surface area contributed by atoms with Gasteiger partial charge in [-0.1, -0.05) is 25.3 Å². The van der Waals surface area contributed by atoms with Crippen molar-refractivity contribution in [2.45, 2.75) is 44.7 Å². The fraction of sp³-hybridized carbons (Fsp3) is 0.368. The van der Waals surface area contributed by atoms with E-state index in [1.54, 1.807) is 6.07 Å². The van der Waals surface area contributed by atoms with Crippen LogP contribution in [0, 0.1) is 5.82 Å². The summed E-state index contributed by atoms with van der Waals surface area (Å²) < 4.78 is 18.7. The van der Waals surface area contributed by atoms with E-state index in [1.165, 1.54) is 24.5 Å². The number of carbonyl (C=O) groups excluding carboxylic acids is 3. The summed E-state index contributed by atoms with van der Waals surface area (Å²) in [5.74, 6) is -1.87. The Morgan fingerprint density at radius 1 is 1.11 bits per heavy atom. The number of amides is 4. The van der Waals surface area contributed by atoms with Gasteiger partial charge in [0.1, 0.15) is 12.1 Å². The van der Waals surface area contributed by atoms with Crippen LogP contribution in [0.15, 0.2) is 34.9 Å². The smallest absolute Gasteiger partial charge is 0.334 e. The Morgan fingerprint density at radius 3 is 2.63 bits per heavy atom. The number of halogens is 1. The zero-order valence-electron chi connectivity index (χ0n) is 14.6. The third-order valence-corrected chi connectivity index (χ3v) is 4.97. The second kappa shape index (κ2) is 6.94. The Morgan fingerprint density at radius 2 is 1.89 bits per heavy atom. The summed E-state index contributed by atoms with van der Waals surface area (Å²) in [5.41, 5.74) is 0.759. The molecule has 27 heavy (non-hydrogen) atoms. The molecule has 0 spiro atoms. The van der Waals surface area contributed by atoms with Gasteiger partial charge in [-0.15, -0.1) is 0 Å². The number of benzene rings is 1. The quantitative estimate of drug-likeness (QED) is 0.609. The molecule has 2 heterocycles. The molecule has 0 unspecified atom stereocenters. The number of hydrogen-bond acceptors (Lipinski definition) is 5. The maximum absolute atomic E-state index is 13.3. The molecule has 4 rings (SSSR count). The Balaban J connectivity index is 1.52. The first kappa shape index (κ1) is 17.4. The molecule has 0 radical (unpaired) electrons. The summed E-state index contributed by atoms with van der Waals surface area (Å²) >= 11 is 0. The minimum atomic E-state index is -0.846. The normalized spacial score (nSPS) is 18.6. The number of aromatic nitrogens is 1. The highest BCUT2D eigenvalue weighted by Crippen LogP contribution is 2.28. The molecule has 1 saturated carbocycles.